The molecule has 0 radical (unpaired) electrons. The van der Waals surface area contributed by atoms with E-state index in [0.717, 1.165) is 19.6 Å². The van der Waals surface area contributed by atoms with Gasteiger partial charge in [0.25, 0.3) is 0 Å². The zero-order chi connectivity index (χ0) is 14.3. The molecule has 1 saturated heterocycles. The van der Waals surface area contributed by atoms with Gasteiger partial charge in [-0.3, -0.25) is 14.5 Å². The van der Waals surface area contributed by atoms with Gasteiger partial charge in [0.15, 0.2) is 0 Å². The third kappa shape index (κ3) is 5.16. The second kappa shape index (κ2) is 8.12. The van der Waals surface area contributed by atoms with Crippen LogP contribution in [0, 0.1) is 0 Å². The topological polar surface area (TPSA) is 75.9 Å². The quantitative estimate of drug-likeness (QED) is 0.678. The van der Waals surface area contributed by atoms with Gasteiger partial charge in [-0.25, -0.2) is 0 Å². The van der Waals surface area contributed by atoms with Crippen molar-refractivity contribution in [1.29, 1.82) is 0 Å². The molecule has 1 fully saturated rings. The van der Waals surface area contributed by atoms with Gasteiger partial charge in [-0.15, -0.1) is 0 Å². The van der Waals surface area contributed by atoms with Crippen LogP contribution in [0.5, 0.6) is 0 Å². The van der Waals surface area contributed by atoms with E-state index in [-0.39, 0.29) is 12.3 Å². The second-order valence-corrected chi connectivity index (χ2v) is 4.91. The van der Waals surface area contributed by atoms with Crippen LogP contribution >= 0.6 is 0 Å². The molecule has 110 valence electrons. The van der Waals surface area contributed by atoms with E-state index in [1.54, 1.807) is 4.90 Å². The minimum absolute atomic E-state index is 0.0502. The number of unbranched alkanes of at least 4 members (excludes halogenated alkanes) is 1. The van der Waals surface area contributed by atoms with Gasteiger partial charge in [-0.2, -0.15) is 0 Å². The number of carbonyl (C=O) groups excluding carboxylic acids is 2. The number of ether oxygens (including phenoxy) is 1. The van der Waals surface area contributed by atoms with E-state index in [1.165, 1.54) is 20.0 Å². The molecule has 1 aliphatic heterocycles. The number of rotatable bonds is 6. The first-order valence-corrected chi connectivity index (χ1v) is 6.92. The van der Waals surface area contributed by atoms with Crippen LogP contribution in [0.25, 0.3) is 0 Å². The Bertz CT molecular complexity index is 302. The van der Waals surface area contributed by atoms with Crippen molar-refractivity contribution in [3.05, 3.63) is 0 Å². The summed E-state index contributed by atoms with van der Waals surface area (Å²) in [5.41, 5.74) is 5.73. The lowest BCUT2D eigenvalue weighted by molar-refractivity contribution is -0.145. The van der Waals surface area contributed by atoms with Crippen molar-refractivity contribution >= 4 is 11.9 Å². The van der Waals surface area contributed by atoms with Gasteiger partial charge in [0.2, 0.25) is 5.91 Å². The molecular weight excluding hydrogens is 246 g/mol. The van der Waals surface area contributed by atoms with Crippen molar-refractivity contribution in [3.8, 4) is 0 Å². The number of piperazine rings is 1. The highest BCUT2D eigenvalue weighted by molar-refractivity contribution is 5.86. The van der Waals surface area contributed by atoms with E-state index in [1.807, 2.05) is 0 Å². The molecule has 0 aromatic heterocycles. The molecule has 19 heavy (non-hydrogen) atoms. The fourth-order valence-electron chi connectivity index (χ4n) is 2.16. The fraction of sp³-hybridized carbons (Fsp3) is 0.846. The SMILES string of the molecule is CCCCN1CCN(C(=O)C(N)CC(=O)OC)CC1. The Kier molecular flexibility index (Phi) is 6.80. The summed E-state index contributed by atoms with van der Waals surface area (Å²) < 4.78 is 4.52. The Balaban J connectivity index is 2.33. The molecule has 6 nitrogen and oxygen atoms in total. The number of nitrogens with zero attached hydrogens (tertiary/aromatic N) is 2. The Labute approximate surface area is 114 Å². The summed E-state index contributed by atoms with van der Waals surface area (Å²) in [4.78, 5) is 27.2. The highest BCUT2D eigenvalue weighted by atomic mass is 16.5. The molecule has 0 aromatic carbocycles. The van der Waals surface area contributed by atoms with Crippen LogP contribution in [-0.4, -0.2) is 67.6 Å². The van der Waals surface area contributed by atoms with Crippen LogP contribution < -0.4 is 5.73 Å². The number of methoxy groups -OCH3 is 1. The summed E-state index contributed by atoms with van der Waals surface area (Å²) in [5.74, 6) is -0.594. The van der Waals surface area contributed by atoms with Crippen LogP contribution in [0.4, 0.5) is 0 Å². The van der Waals surface area contributed by atoms with Gasteiger partial charge in [-0.05, 0) is 13.0 Å². The van der Waals surface area contributed by atoms with E-state index in [2.05, 4.69) is 16.6 Å². The summed E-state index contributed by atoms with van der Waals surface area (Å²) in [6, 6.07) is -0.783. The molecule has 0 aliphatic carbocycles. The van der Waals surface area contributed by atoms with Crippen molar-refractivity contribution < 1.29 is 14.3 Å². The monoisotopic (exact) mass is 271 g/mol. The maximum absolute atomic E-state index is 12.0. The maximum atomic E-state index is 12.0. The Morgan fingerprint density at radius 1 is 1.26 bits per heavy atom. The minimum atomic E-state index is -0.783. The van der Waals surface area contributed by atoms with E-state index < -0.39 is 12.0 Å². The van der Waals surface area contributed by atoms with E-state index in [0.29, 0.717) is 13.1 Å². The number of carbonyl (C=O) groups is 2. The zero-order valence-electron chi connectivity index (χ0n) is 11.9. The van der Waals surface area contributed by atoms with Crippen molar-refractivity contribution in [3.63, 3.8) is 0 Å². The number of esters is 1. The zero-order valence-corrected chi connectivity index (χ0v) is 11.9. The standard InChI is InChI=1S/C13H25N3O3/c1-3-4-5-15-6-8-16(9-7-15)13(18)11(14)10-12(17)19-2/h11H,3-10,14H2,1-2H3. The van der Waals surface area contributed by atoms with Crippen LogP contribution in [0.3, 0.4) is 0 Å². The first-order valence-electron chi connectivity index (χ1n) is 6.92. The minimum Gasteiger partial charge on any atom is -0.469 e. The average Bonchev–Trinajstić information content (AvgIpc) is 2.44. The van der Waals surface area contributed by atoms with Gasteiger partial charge < -0.3 is 15.4 Å². The molecule has 0 bridgehead atoms. The van der Waals surface area contributed by atoms with Gasteiger partial charge in [0, 0.05) is 26.2 Å². The predicted molar refractivity (Wildman–Crippen MR) is 72.5 cm³/mol. The molecule has 1 unspecified atom stereocenters. The Morgan fingerprint density at radius 2 is 1.89 bits per heavy atom. The van der Waals surface area contributed by atoms with Crippen LogP contribution in [0.2, 0.25) is 0 Å². The van der Waals surface area contributed by atoms with Crippen molar-refractivity contribution in [2.24, 2.45) is 5.73 Å². The highest BCUT2D eigenvalue weighted by Gasteiger charge is 2.26. The molecule has 1 aliphatic rings. The lowest BCUT2D eigenvalue weighted by Crippen LogP contribution is -2.53. The van der Waals surface area contributed by atoms with Gasteiger partial charge >= 0.3 is 5.97 Å². The fourth-order valence-corrected chi connectivity index (χ4v) is 2.16. The van der Waals surface area contributed by atoms with Crippen molar-refractivity contribution in [2.75, 3.05) is 39.8 Å². The summed E-state index contributed by atoms with van der Waals surface area (Å²) in [5, 5.41) is 0. The average molecular weight is 271 g/mol. The highest BCUT2D eigenvalue weighted by Crippen LogP contribution is 2.06. The number of hydrogen-bond donors (Lipinski definition) is 1. The molecule has 1 heterocycles. The predicted octanol–water partition coefficient (Wildman–Crippen LogP) is -0.179. The van der Waals surface area contributed by atoms with E-state index >= 15 is 0 Å². The summed E-state index contributed by atoms with van der Waals surface area (Å²) in [6.45, 7) is 6.42. The number of hydrogen-bond acceptors (Lipinski definition) is 5. The lowest BCUT2D eigenvalue weighted by Gasteiger charge is -2.35. The van der Waals surface area contributed by atoms with Crippen LogP contribution in [0.15, 0.2) is 0 Å². The Morgan fingerprint density at radius 3 is 2.42 bits per heavy atom. The molecular formula is C13H25N3O3. The van der Waals surface area contributed by atoms with Crippen molar-refractivity contribution in [1.82, 2.24) is 9.80 Å². The largest absolute Gasteiger partial charge is 0.469 e. The van der Waals surface area contributed by atoms with Gasteiger partial charge in [0.1, 0.15) is 0 Å². The smallest absolute Gasteiger partial charge is 0.307 e. The maximum Gasteiger partial charge on any atom is 0.307 e. The first kappa shape index (κ1) is 15.9. The molecule has 1 amide bonds. The van der Waals surface area contributed by atoms with Gasteiger partial charge in [-0.1, -0.05) is 13.3 Å². The van der Waals surface area contributed by atoms with Crippen LogP contribution in [-0.2, 0) is 14.3 Å². The molecule has 0 saturated carbocycles. The summed E-state index contributed by atoms with van der Waals surface area (Å²) in [7, 11) is 1.30. The molecule has 0 aromatic rings. The lowest BCUT2D eigenvalue weighted by atomic mass is 10.1. The molecule has 6 heteroatoms. The molecule has 1 atom stereocenters. The molecule has 2 N–H and O–H groups in total. The number of amides is 1. The normalized spacial score (nSPS) is 18.2. The third-order valence-electron chi connectivity index (χ3n) is 3.44. The van der Waals surface area contributed by atoms with Crippen LogP contribution in [0.1, 0.15) is 26.2 Å². The Hall–Kier alpha value is -1.14. The first-order chi connectivity index (χ1) is 9.08. The summed E-state index contributed by atoms with van der Waals surface area (Å²) >= 11 is 0. The summed E-state index contributed by atoms with van der Waals surface area (Å²) in [6.07, 6.45) is 2.32. The molecule has 1 rings (SSSR count). The number of nitrogens with two attached hydrogens (primary N) is 1. The third-order valence-corrected chi connectivity index (χ3v) is 3.44. The van der Waals surface area contributed by atoms with Gasteiger partial charge in [0.05, 0.1) is 19.6 Å². The van der Waals surface area contributed by atoms with E-state index in [9.17, 15) is 9.59 Å². The van der Waals surface area contributed by atoms with E-state index in [4.69, 9.17) is 5.73 Å². The van der Waals surface area contributed by atoms with Crippen molar-refractivity contribution in [2.45, 2.75) is 32.2 Å². The second-order valence-electron chi connectivity index (χ2n) is 4.91. The molecule has 0 spiro atoms.